The molecule has 104 valence electrons. The Morgan fingerprint density at radius 1 is 1.35 bits per heavy atom. The minimum absolute atomic E-state index is 0.259. The maximum absolute atomic E-state index is 12.2. The molecule has 2 bridgehead atoms. The molecular formula is C14H15N3O2S. The molecule has 0 aromatic carbocycles. The van der Waals surface area contributed by atoms with Crippen LogP contribution >= 0.6 is 11.3 Å². The first kappa shape index (κ1) is 12.2. The highest BCUT2D eigenvalue weighted by Crippen LogP contribution is 2.44. The van der Waals surface area contributed by atoms with Crippen LogP contribution in [0.25, 0.3) is 0 Å². The summed E-state index contributed by atoms with van der Waals surface area (Å²) in [6.45, 7) is 3.73. The van der Waals surface area contributed by atoms with Crippen LogP contribution in [0.4, 0.5) is 9.80 Å². The molecule has 4 saturated heterocycles. The molecule has 1 aromatic heterocycles. The number of piperidine rings is 3. The van der Waals surface area contributed by atoms with E-state index in [2.05, 4.69) is 11.0 Å². The third-order valence-corrected chi connectivity index (χ3v) is 5.74. The number of amides is 1. The van der Waals surface area contributed by atoms with E-state index in [0.717, 1.165) is 37.5 Å². The van der Waals surface area contributed by atoms with Gasteiger partial charge in [-0.2, -0.15) is 5.26 Å². The molecule has 5 heterocycles. The monoisotopic (exact) mass is 289 g/mol. The van der Waals surface area contributed by atoms with Gasteiger partial charge in [-0.05, 0) is 38.1 Å². The summed E-state index contributed by atoms with van der Waals surface area (Å²) >= 11 is 1.35. The number of ether oxygens (including phenoxy) is 1. The van der Waals surface area contributed by atoms with E-state index in [0.29, 0.717) is 17.3 Å². The Morgan fingerprint density at radius 3 is 2.75 bits per heavy atom. The first-order valence-corrected chi connectivity index (χ1v) is 7.75. The van der Waals surface area contributed by atoms with Crippen LogP contribution in [0.5, 0.6) is 0 Å². The summed E-state index contributed by atoms with van der Waals surface area (Å²) in [4.78, 5) is 17.0. The van der Waals surface area contributed by atoms with Gasteiger partial charge in [0.15, 0.2) is 0 Å². The molecule has 1 aromatic rings. The van der Waals surface area contributed by atoms with Crippen LogP contribution in [0, 0.1) is 17.2 Å². The zero-order valence-corrected chi connectivity index (χ0v) is 11.9. The van der Waals surface area contributed by atoms with E-state index in [4.69, 9.17) is 10.00 Å². The Bertz CT molecular complexity index is 600. The smallest absolute Gasteiger partial charge is 0.415 e. The zero-order chi connectivity index (χ0) is 13.7. The van der Waals surface area contributed by atoms with Gasteiger partial charge in [-0.25, -0.2) is 4.79 Å². The lowest BCUT2D eigenvalue weighted by atomic mass is 9.75. The average Bonchev–Trinajstić information content (AvgIpc) is 3.05. The molecule has 1 atom stereocenters. The standard InChI is InChI=1S/C14H15N3O2S/c15-7-11-1-2-12(20-11)17-9-14(19-13(17)18)8-16-5-3-10(14)4-6-16/h1-2,10H,3-6,8-9H2/t14-/m1/s1. The van der Waals surface area contributed by atoms with Gasteiger partial charge in [0.05, 0.1) is 6.54 Å². The molecule has 4 aliphatic rings. The van der Waals surface area contributed by atoms with Crippen LogP contribution in [0.2, 0.25) is 0 Å². The van der Waals surface area contributed by atoms with Crippen molar-refractivity contribution in [2.45, 2.75) is 18.4 Å². The number of nitrogens with zero attached hydrogens (tertiary/aromatic N) is 3. The molecule has 1 spiro atoms. The number of anilines is 1. The zero-order valence-electron chi connectivity index (χ0n) is 11.0. The van der Waals surface area contributed by atoms with Crippen molar-refractivity contribution in [3.63, 3.8) is 0 Å². The fraction of sp³-hybridized carbons (Fsp3) is 0.571. The molecule has 0 aliphatic carbocycles. The second kappa shape index (κ2) is 4.21. The van der Waals surface area contributed by atoms with Gasteiger partial charge in [0.2, 0.25) is 0 Å². The van der Waals surface area contributed by atoms with E-state index in [1.54, 1.807) is 11.0 Å². The van der Waals surface area contributed by atoms with Crippen molar-refractivity contribution in [1.82, 2.24) is 4.90 Å². The fourth-order valence-corrected chi connectivity index (χ4v) is 4.51. The molecule has 0 radical (unpaired) electrons. The minimum atomic E-state index is -0.329. The van der Waals surface area contributed by atoms with Gasteiger partial charge in [-0.15, -0.1) is 11.3 Å². The summed E-state index contributed by atoms with van der Waals surface area (Å²) in [5.74, 6) is 0.483. The van der Waals surface area contributed by atoms with Crippen molar-refractivity contribution in [3.8, 4) is 6.07 Å². The van der Waals surface area contributed by atoms with Crippen LogP contribution in [0.1, 0.15) is 17.7 Å². The fourth-order valence-electron chi connectivity index (χ4n) is 3.71. The number of hydrogen-bond acceptors (Lipinski definition) is 5. The van der Waals surface area contributed by atoms with Gasteiger partial charge < -0.3 is 4.74 Å². The summed E-state index contributed by atoms with van der Waals surface area (Å²) in [5.41, 5.74) is -0.329. The molecule has 5 rings (SSSR count). The van der Waals surface area contributed by atoms with Gasteiger partial charge in [0.1, 0.15) is 21.5 Å². The predicted molar refractivity (Wildman–Crippen MR) is 74.8 cm³/mol. The van der Waals surface area contributed by atoms with Crippen LogP contribution in [0.15, 0.2) is 12.1 Å². The molecule has 4 fully saturated rings. The van der Waals surface area contributed by atoms with Crippen molar-refractivity contribution in [2.75, 3.05) is 31.1 Å². The molecule has 20 heavy (non-hydrogen) atoms. The second-order valence-corrected chi connectivity index (χ2v) is 6.88. The van der Waals surface area contributed by atoms with Crippen molar-refractivity contribution < 1.29 is 9.53 Å². The van der Waals surface area contributed by atoms with Crippen LogP contribution < -0.4 is 4.90 Å². The minimum Gasteiger partial charge on any atom is -0.439 e. The first-order chi connectivity index (χ1) is 9.70. The number of fused-ring (bicyclic) bond motifs is 2. The predicted octanol–water partition coefficient (Wildman–Crippen LogP) is 2.04. The SMILES string of the molecule is N#Cc1ccc(N2C[C@@]3(CN4CCC3CC4)OC2=O)s1. The van der Waals surface area contributed by atoms with E-state index in [-0.39, 0.29) is 11.7 Å². The number of rotatable bonds is 1. The van der Waals surface area contributed by atoms with Gasteiger partial charge in [-0.3, -0.25) is 9.80 Å². The summed E-state index contributed by atoms with van der Waals surface area (Å²) in [5, 5.41) is 9.73. The third-order valence-electron chi connectivity index (χ3n) is 4.73. The molecule has 1 amide bonds. The summed E-state index contributed by atoms with van der Waals surface area (Å²) in [6.07, 6.45) is 1.98. The summed E-state index contributed by atoms with van der Waals surface area (Å²) < 4.78 is 5.80. The quantitative estimate of drug-likeness (QED) is 0.794. The molecule has 5 nitrogen and oxygen atoms in total. The van der Waals surface area contributed by atoms with Crippen LogP contribution in [-0.4, -0.2) is 42.8 Å². The van der Waals surface area contributed by atoms with E-state index < -0.39 is 0 Å². The highest BCUT2D eigenvalue weighted by molar-refractivity contribution is 7.16. The van der Waals surface area contributed by atoms with Gasteiger partial charge in [0.25, 0.3) is 0 Å². The molecule has 6 heteroatoms. The van der Waals surface area contributed by atoms with E-state index in [1.807, 2.05) is 6.07 Å². The van der Waals surface area contributed by atoms with Crippen molar-refractivity contribution >= 4 is 22.4 Å². The van der Waals surface area contributed by atoms with Gasteiger partial charge >= 0.3 is 6.09 Å². The molecule has 0 saturated carbocycles. The Hall–Kier alpha value is -1.58. The maximum Gasteiger partial charge on any atom is 0.415 e. The average molecular weight is 289 g/mol. The van der Waals surface area contributed by atoms with Crippen molar-refractivity contribution in [3.05, 3.63) is 17.0 Å². The number of thiophene rings is 1. The normalized spacial score (nSPS) is 35.4. The van der Waals surface area contributed by atoms with Gasteiger partial charge in [0, 0.05) is 12.5 Å². The van der Waals surface area contributed by atoms with E-state index >= 15 is 0 Å². The summed E-state index contributed by atoms with van der Waals surface area (Å²) in [7, 11) is 0. The van der Waals surface area contributed by atoms with Crippen molar-refractivity contribution in [2.24, 2.45) is 5.92 Å². The molecule has 0 N–H and O–H groups in total. The Labute approximate surface area is 121 Å². The number of hydrogen-bond donors (Lipinski definition) is 0. The maximum atomic E-state index is 12.2. The Kier molecular flexibility index (Phi) is 2.56. The van der Waals surface area contributed by atoms with Gasteiger partial charge in [-0.1, -0.05) is 0 Å². The molecule has 0 unspecified atom stereocenters. The molecule has 4 aliphatic heterocycles. The Morgan fingerprint density at radius 2 is 2.15 bits per heavy atom. The largest absolute Gasteiger partial charge is 0.439 e. The lowest BCUT2D eigenvalue weighted by Gasteiger charge is -2.49. The van der Waals surface area contributed by atoms with E-state index in [9.17, 15) is 4.79 Å². The summed E-state index contributed by atoms with van der Waals surface area (Å²) in [6, 6.07) is 5.71. The number of nitriles is 1. The van der Waals surface area contributed by atoms with Crippen LogP contribution in [-0.2, 0) is 4.74 Å². The lowest BCUT2D eigenvalue weighted by Crippen LogP contribution is -2.61. The molecular weight excluding hydrogens is 274 g/mol. The first-order valence-electron chi connectivity index (χ1n) is 6.93. The van der Waals surface area contributed by atoms with Crippen LogP contribution in [0.3, 0.4) is 0 Å². The van der Waals surface area contributed by atoms with Crippen molar-refractivity contribution in [1.29, 1.82) is 5.26 Å². The topological polar surface area (TPSA) is 56.6 Å². The number of carbonyl (C=O) groups excluding carboxylic acids is 1. The highest BCUT2D eigenvalue weighted by atomic mass is 32.1. The second-order valence-electron chi connectivity index (χ2n) is 5.82. The third kappa shape index (κ3) is 1.67. The highest BCUT2D eigenvalue weighted by Gasteiger charge is 2.55. The number of carbonyl (C=O) groups is 1. The Balaban J connectivity index is 1.62. The lowest BCUT2D eigenvalue weighted by molar-refractivity contribution is -0.0881. The van der Waals surface area contributed by atoms with E-state index in [1.165, 1.54) is 11.3 Å².